The van der Waals surface area contributed by atoms with Crippen LogP contribution in [0.15, 0.2) is 67.0 Å². The highest BCUT2D eigenvalue weighted by atomic mass is 16.5. The van der Waals surface area contributed by atoms with Crippen LogP contribution in [-0.4, -0.2) is 32.6 Å². The third kappa shape index (κ3) is 4.03. The van der Waals surface area contributed by atoms with E-state index in [0.29, 0.717) is 25.3 Å². The van der Waals surface area contributed by atoms with Crippen molar-refractivity contribution in [2.45, 2.75) is 19.5 Å². The quantitative estimate of drug-likeness (QED) is 0.538. The number of carbonyl (C=O) groups excluding carboxylic acids is 1. The van der Waals surface area contributed by atoms with Crippen LogP contribution in [-0.2, 0) is 17.9 Å². The number of amides is 1. The molecule has 0 atom stereocenters. The molecule has 0 saturated carbocycles. The zero-order chi connectivity index (χ0) is 19.3. The van der Waals surface area contributed by atoms with Gasteiger partial charge in [0, 0.05) is 24.1 Å². The molecule has 2 aromatic heterocycles. The number of aromatic nitrogens is 4. The number of methoxy groups -OCH3 is 1. The Hall–Kier alpha value is -3.61. The van der Waals surface area contributed by atoms with Gasteiger partial charge >= 0.3 is 0 Å². The van der Waals surface area contributed by atoms with Crippen LogP contribution >= 0.6 is 0 Å². The molecule has 0 unspecified atom stereocenters. The number of aryl methyl sites for hydroxylation is 1. The van der Waals surface area contributed by atoms with E-state index in [1.807, 2.05) is 59.4 Å². The smallest absolute Gasteiger partial charge is 0.227 e. The van der Waals surface area contributed by atoms with Crippen LogP contribution in [0.5, 0.6) is 5.75 Å². The van der Waals surface area contributed by atoms with Gasteiger partial charge in [-0.1, -0.05) is 30.3 Å². The van der Waals surface area contributed by atoms with Crippen LogP contribution in [0, 0.1) is 0 Å². The van der Waals surface area contributed by atoms with Crippen molar-refractivity contribution in [3.8, 4) is 5.75 Å². The molecule has 7 nitrogen and oxygen atoms in total. The zero-order valence-electron chi connectivity index (χ0n) is 15.6. The topological polar surface area (TPSA) is 74.0 Å². The molecule has 2 aromatic carbocycles. The second-order valence-corrected chi connectivity index (χ2v) is 6.47. The first-order chi connectivity index (χ1) is 13.7. The average molecular weight is 375 g/mol. The number of nitrogens with zero attached hydrogens (tertiary/aromatic N) is 4. The molecule has 0 spiro atoms. The van der Waals surface area contributed by atoms with Gasteiger partial charge in [0.25, 0.3) is 0 Å². The zero-order valence-corrected chi connectivity index (χ0v) is 15.6. The summed E-state index contributed by atoms with van der Waals surface area (Å²) < 4.78 is 8.85. The predicted molar refractivity (Wildman–Crippen MR) is 107 cm³/mol. The molecule has 4 rings (SSSR count). The third-order valence-corrected chi connectivity index (χ3v) is 4.50. The van der Waals surface area contributed by atoms with Crippen molar-refractivity contribution in [2.75, 3.05) is 12.4 Å². The first kappa shape index (κ1) is 17.8. The molecule has 0 saturated heterocycles. The summed E-state index contributed by atoms with van der Waals surface area (Å²) in [5.41, 5.74) is 2.13. The number of nitrogens with one attached hydrogen (secondary N) is 1. The summed E-state index contributed by atoms with van der Waals surface area (Å²) in [5, 5.41) is 12.6. The molecule has 0 aliphatic heterocycles. The maximum absolute atomic E-state index is 12.3. The van der Waals surface area contributed by atoms with Crippen molar-refractivity contribution in [2.24, 2.45) is 0 Å². The van der Waals surface area contributed by atoms with Gasteiger partial charge in [0.1, 0.15) is 5.75 Å². The maximum atomic E-state index is 12.3. The number of hydrogen-bond donors (Lipinski definition) is 1. The standard InChI is InChI=1S/C21H21N5O2/c1-28-18-7-8-19-17(13-18)14-22-26(19)12-10-21(27)23-20-9-11-25(24-20)15-16-5-3-2-4-6-16/h2-9,11,13-14H,10,12,15H2,1H3,(H,23,24,27). The van der Waals surface area contributed by atoms with Crippen molar-refractivity contribution >= 4 is 22.6 Å². The van der Waals surface area contributed by atoms with Crippen molar-refractivity contribution in [1.82, 2.24) is 19.6 Å². The van der Waals surface area contributed by atoms with E-state index in [1.54, 1.807) is 24.1 Å². The van der Waals surface area contributed by atoms with E-state index in [1.165, 1.54) is 0 Å². The molecule has 142 valence electrons. The molecule has 1 amide bonds. The van der Waals surface area contributed by atoms with Crippen LogP contribution < -0.4 is 10.1 Å². The Bertz CT molecular complexity index is 1080. The lowest BCUT2D eigenvalue weighted by Gasteiger charge is -2.05. The Balaban J connectivity index is 1.34. The van der Waals surface area contributed by atoms with E-state index in [4.69, 9.17) is 4.74 Å². The van der Waals surface area contributed by atoms with Crippen molar-refractivity contribution in [1.29, 1.82) is 0 Å². The van der Waals surface area contributed by atoms with Crippen LogP contribution in [0.2, 0.25) is 0 Å². The van der Waals surface area contributed by atoms with Crippen LogP contribution in [0.3, 0.4) is 0 Å². The van der Waals surface area contributed by atoms with Gasteiger partial charge in [-0.05, 0) is 23.8 Å². The van der Waals surface area contributed by atoms with Crippen molar-refractivity contribution in [3.05, 3.63) is 72.6 Å². The van der Waals surface area contributed by atoms with E-state index in [2.05, 4.69) is 15.5 Å². The highest BCUT2D eigenvalue weighted by molar-refractivity contribution is 5.89. The molecule has 1 N–H and O–H groups in total. The SMILES string of the molecule is COc1ccc2c(cnn2CCC(=O)Nc2ccn(Cc3ccccc3)n2)c1. The van der Waals surface area contributed by atoms with Crippen LogP contribution in [0.4, 0.5) is 5.82 Å². The van der Waals surface area contributed by atoms with Gasteiger partial charge in [0.2, 0.25) is 5.91 Å². The molecule has 0 aliphatic rings. The van der Waals surface area contributed by atoms with Gasteiger partial charge < -0.3 is 10.1 Å². The van der Waals surface area contributed by atoms with Crippen molar-refractivity contribution in [3.63, 3.8) is 0 Å². The highest BCUT2D eigenvalue weighted by Crippen LogP contribution is 2.20. The van der Waals surface area contributed by atoms with E-state index < -0.39 is 0 Å². The van der Waals surface area contributed by atoms with E-state index in [9.17, 15) is 4.79 Å². The second-order valence-electron chi connectivity index (χ2n) is 6.47. The minimum absolute atomic E-state index is 0.0953. The minimum Gasteiger partial charge on any atom is -0.497 e. The Morgan fingerprint density at radius 2 is 2.00 bits per heavy atom. The summed E-state index contributed by atoms with van der Waals surface area (Å²) >= 11 is 0. The fourth-order valence-electron chi connectivity index (χ4n) is 3.07. The predicted octanol–water partition coefficient (Wildman–Crippen LogP) is 3.32. The first-order valence-electron chi connectivity index (χ1n) is 9.08. The van der Waals surface area contributed by atoms with E-state index in [0.717, 1.165) is 22.2 Å². The number of carbonyl (C=O) groups is 1. The molecular formula is C21H21N5O2. The highest BCUT2D eigenvalue weighted by Gasteiger charge is 2.09. The lowest BCUT2D eigenvalue weighted by atomic mass is 10.2. The minimum atomic E-state index is -0.0953. The number of anilines is 1. The Kier molecular flexibility index (Phi) is 5.05. The van der Waals surface area contributed by atoms with E-state index in [-0.39, 0.29) is 5.91 Å². The van der Waals surface area contributed by atoms with Gasteiger partial charge in [0.15, 0.2) is 5.82 Å². The molecule has 7 heteroatoms. The van der Waals surface area contributed by atoms with Gasteiger partial charge in [-0.3, -0.25) is 14.2 Å². The molecule has 0 aliphatic carbocycles. The Morgan fingerprint density at radius 1 is 1.14 bits per heavy atom. The van der Waals surface area contributed by atoms with Gasteiger partial charge in [0.05, 0.1) is 31.9 Å². The van der Waals surface area contributed by atoms with Gasteiger partial charge in [-0.15, -0.1) is 0 Å². The maximum Gasteiger partial charge on any atom is 0.227 e. The fraction of sp³-hybridized carbons (Fsp3) is 0.190. The summed E-state index contributed by atoms with van der Waals surface area (Å²) in [6, 6.07) is 17.6. The number of fused-ring (bicyclic) bond motifs is 1. The lowest BCUT2D eigenvalue weighted by Crippen LogP contribution is -2.15. The summed E-state index contributed by atoms with van der Waals surface area (Å²) in [5.74, 6) is 1.24. The van der Waals surface area contributed by atoms with Crippen LogP contribution in [0.25, 0.3) is 10.9 Å². The number of rotatable bonds is 7. The van der Waals surface area contributed by atoms with Gasteiger partial charge in [-0.2, -0.15) is 10.2 Å². The summed E-state index contributed by atoms with van der Waals surface area (Å²) in [6.45, 7) is 1.16. The number of benzene rings is 2. The molecule has 28 heavy (non-hydrogen) atoms. The van der Waals surface area contributed by atoms with Crippen molar-refractivity contribution < 1.29 is 9.53 Å². The largest absolute Gasteiger partial charge is 0.497 e. The molecule has 4 aromatic rings. The fourth-order valence-corrected chi connectivity index (χ4v) is 3.07. The van der Waals surface area contributed by atoms with Crippen LogP contribution in [0.1, 0.15) is 12.0 Å². The molecular weight excluding hydrogens is 354 g/mol. The number of ether oxygens (including phenoxy) is 1. The summed E-state index contributed by atoms with van der Waals surface area (Å²) in [6.07, 6.45) is 3.95. The second kappa shape index (κ2) is 7.96. The summed E-state index contributed by atoms with van der Waals surface area (Å²) in [4.78, 5) is 12.3. The molecule has 0 fully saturated rings. The molecule has 2 heterocycles. The number of hydrogen-bond acceptors (Lipinski definition) is 4. The Labute approximate surface area is 162 Å². The Morgan fingerprint density at radius 3 is 2.82 bits per heavy atom. The molecule has 0 bridgehead atoms. The van der Waals surface area contributed by atoms with Gasteiger partial charge in [-0.25, -0.2) is 0 Å². The lowest BCUT2D eigenvalue weighted by molar-refractivity contribution is -0.116. The average Bonchev–Trinajstić information content (AvgIpc) is 3.33. The third-order valence-electron chi connectivity index (χ3n) is 4.50. The first-order valence-corrected chi connectivity index (χ1v) is 9.08. The monoisotopic (exact) mass is 375 g/mol. The summed E-state index contributed by atoms with van der Waals surface area (Å²) in [7, 11) is 1.64. The molecule has 0 radical (unpaired) electrons. The normalized spacial score (nSPS) is 10.9. The van der Waals surface area contributed by atoms with E-state index >= 15 is 0 Å².